The molecule has 6 aromatic heterocycles. The lowest BCUT2D eigenvalue weighted by atomic mass is 9.79. The third-order valence-corrected chi connectivity index (χ3v) is 16.0. The van der Waals surface area contributed by atoms with Crippen molar-refractivity contribution in [3.63, 3.8) is 0 Å². The third kappa shape index (κ3) is 16.8. The van der Waals surface area contributed by atoms with Crippen molar-refractivity contribution in [2.24, 2.45) is 0 Å². The second-order valence-electron chi connectivity index (χ2n) is 27.8. The highest BCUT2D eigenvalue weighted by molar-refractivity contribution is 5.75. The Balaban J connectivity index is 0.000000147. The molecule has 0 radical (unpaired) electrons. The summed E-state index contributed by atoms with van der Waals surface area (Å²) in [6.07, 6.45) is 24.9. The summed E-state index contributed by atoms with van der Waals surface area (Å²) >= 11 is 0. The minimum absolute atomic E-state index is 0.0583. The van der Waals surface area contributed by atoms with E-state index in [2.05, 4.69) is 170 Å². The molecule has 20 nitrogen and oxygen atoms in total. The standard InChI is InChI=1S/C24H29N5O.C23H28N6O.C22H28N6O/c1-23(2)12-17(13-24(3,4)29-23)28-22-15-26-20(14-27-22)18-9-8-16(11-21(18)30)19-7-5-6-10-25-19;1-22(2)11-16(12-23(3,4)29-22)28-20-14-26-18(13-27-20)17-7-6-15(10-19(17)30)21-24-8-5-9-25-21;1-21(2)8-16(9-22(3,4)28-21)27-20-13-23-18(12-24-20)17-6-5-14(7-19(17)29)15-10-25-26-11-15/h5-11,14-15,17,29-30H,12-13H2,1-4H3,(H,27,28);5-10,13-14,16,29-30H,11-12H2,1-4H3,(H,27,28);5-7,10-13,16,28-29H,8-9H2,1-4H3,(H,24,27)(H,25,26). The van der Waals surface area contributed by atoms with Crippen molar-refractivity contribution < 1.29 is 15.3 Å². The molecule has 0 atom stereocenters. The first-order chi connectivity index (χ1) is 42.1. The predicted octanol–water partition coefficient (Wildman–Crippen LogP) is 12.6. The minimum atomic E-state index is 0.0583. The van der Waals surface area contributed by atoms with Crippen LogP contribution in [0, 0.1) is 0 Å². The fraction of sp³-hybridized carbons (Fsp3) is 0.391. The Morgan fingerprint density at radius 2 is 0.730 bits per heavy atom. The smallest absolute Gasteiger partial charge is 0.159 e. The first kappa shape index (κ1) is 63.1. The number of hydrogen-bond acceptors (Lipinski definition) is 19. The van der Waals surface area contributed by atoms with Gasteiger partial charge in [-0.05, 0) is 182 Å². The molecule has 9 aromatic rings. The van der Waals surface area contributed by atoms with Gasteiger partial charge in [-0.25, -0.2) is 24.9 Å². The van der Waals surface area contributed by atoms with Crippen LogP contribution < -0.4 is 31.9 Å². The van der Waals surface area contributed by atoms with E-state index >= 15 is 0 Å². The number of piperidine rings is 3. The molecule has 0 saturated carbocycles. The number of nitrogens with one attached hydrogen (secondary N) is 7. The molecule has 12 rings (SSSR count). The summed E-state index contributed by atoms with van der Waals surface area (Å²) in [6.45, 7) is 26.7. The second-order valence-corrected chi connectivity index (χ2v) is 27.8. The molecule has 20 heteroatoms. The summed E-state index contributed by atoms with van der Waals surface area (Å²) in [6, 6.07) is 24.8. The van der Waals surface area contributed by atoms with Gasteiger partial charge in [0.1, 0.15) is 34.7 Å². The number of phenolic OH excluding ortho intramolecular Hbond substituents is 3. The highest BCUT2D eigenvalue weighted by Gasteiger charge is 2.40. The molecule has 3 aromatic carbocycles. The second kappa shape index (κ2) is 25.6. The third-order valence-electron chi connectivity index (χ3n) is 16.0. The maximum absolute atomic E-state index is 10.5. The number of aromatic nitrogens is 11. The van der Waals surface area contributed by atoms with Gasteiger partial charge < -0.3 is 47.2 Å². The molecule has 0 amide bonds. The number of rotatable bonds is 12. The van der Waals surface area contributed by atoms with E-state index in [1.807, 2.05) is 54.6 Å². The summed E-state index contributed by atoms with van der Waals surface area (Å²) in [5.41, 5.74) is 8.43. The van der Waals surface area contributed by atoms with Crippen molar-refractivity contribution in [2.45, 2.75) is 173 Å². The zero-order chi connectivity index (χ0) is 63.4. The Morgan fingerprint density at radius 1 is 0.360 bits per heavy atom. The van der Waals surface area contributed by atoms with E-state index in [1.54, 1.807) is 92.4 Å². The van der Waals surface area contributed by atoms with E-state index in [0.29, 0.717) is 57.7 Å². The van der Waals surface area contributed by atoms with Gasteiger partial charge in [0.15, 0.2) is 5.82 Å². The van der Waals surface area contributed by atoms with Gasteiger partial charge >= 0.3 is 0 Å². The van der Waals surface area contributed by atoms with Crippen molar-refractivity contribution in [3.8, 4) is 84.8 Å². The fourth-order valence-corrected chi connectivity index (χ4v) is 13.6. The Morgan fingerprint density at radius 3 is 1.08 bits per heavy atom. The van der Waals surface area contributed by atoms with E-state index in [0.717, 1.165) is 83.9 Å². The Hall–Kier alpha value is -8.98. The lowest BCUT2D eigenvalue weighted by Crippen LogP contribution is -2.60. The van der Waals surface area contributed by atoms with Crippen LogP contribution in [0.25, 0.3) is 67.5 Å². The number of H-pyrrole nitrogens is 1. The molecule has 3 saturated heterocycles. The molecular weight excluding hydrogens is 1110 g/mol. The first-order valence-corrected chi connectivity index (χ1v) is 30.4. The van der Waals surface area contributed by atoms with Crippen molar-refractivity contribution in [2.75, 3.05) is 16.0 Å². The molecule has 10 N–H and O–H groups in total. The summed E-state index contributed by atoms with van der Waals surface area (Å²) < 4.78 is 0. The van der Waals surface area contributed by atoms with Gasteiger partial charge in [-0.1, -0.05) is 24.3 Å². The molecule has 3 aliphatic rings. The average molecular weight is 1200 g/mol. The molecule has 0 spiro atoms. The molecule has 3 aliphatic heterocycles. The SMILES string of the molecule is CC1(C)CC(Nc2cnc(-c3ccc(-c4ccccn4)cc3O)cn2)CC(C)(C)N1.CC1(C)CC(Nc2cnc(-c3ccc(-c4cn[nH]c4)cc3O)cn2)CC(C)(C)N1.CC1(C)CC(Nc2cnc(-c3ccc(-c4ncccn4)cc3O)cn2)CC(C)(C)N1. The monoisotopic (exact) mass is 1200 g/mol. The number of pyridine rings is 1. The maximum Gasteiger partial charge on any atom is 0.159 e. The van der Waals surface area contributed by atoms with Crippen molar-refractivity contribution in [3.05, 3.63) is 147 Å². The zero-order valence-corrected chi connectivity index (χ0v) is 53.1. The van der Waals surface area contributed by atoms with E-state index in [-0.39, 0.29) is 50.5 Å². The number of aromatic hydroxyl groups is 3. The Bertz CT molecular complexity index is 3590. The molecule has 9 heterocycles. The van der Waals surface area contributed by atoms with E-state index in [4.69, 9.17) is 0 Å². The van der Waals surface area contributed by atoms with Crippen LogP contribution in [0.5, 0.6) is 17.2 Å². The van der Waals surface area contributed by atoms with Crippen LogP contribution in [0.3, 0.4) is 0 Å². The Kier molecular flexibility index (Phi) is 18.2. The number of nitrogens with zero attached hydrogens (tertiary/aromatic N) is 10. The molecule has 0 aliphatic carbocycles. The number of aromatic amines is 1. The lowest BCUT2D eigenvalue weighted by Gasteiger charge is -2.46. The molecule has 0 unspecified atom stereocenters. The summed E-state index contributed by atoms with van der Waals surface area (Å²) in [4.78, 5) is 40.0. The summed E-state index contributed by atoms with van der Waals surface area (Å²) in [5, 5.41) is 59.9. The van der Waals surface area contributed by atoms with Crippen LogP contribution in [-0.2, 0) is 0 Å². The van der Waals surface area contributed by atoms with Crippen LogP contribution in [0.2, 0.25) is 0 Å². The predicted molar refractivity (Wildman–Crippen MR) is 353 cm³/mol. The van der Waals surface area contributed by atoms with Gasteiger partial charge in [0.25, 0.3) is 0 Å². The van der Waals surface area contributed by atoms with Crippen molar-refractivity contribution in [1.29, 1.82) is 0 Å². The van der Waals surface area contributed by atoms with Gasteiger partial charge in [-0.15, -0.1) is 0 Å². The van der Waals surface area contributed by atoms with E-state index < -0.39 is 0 Å². The number of benzene rings is 3. The molecule has 3 fully saturated rings. The van der Waals surface area contributed by atoms with E-state index in [9.17, 15) is 15.3 Å². The zero-order valence-electron chi connectivity index (χ0n) is 53.1. The van der Waals surface area contributed by atoms with Crippen LogP contribution in [0.15, 0.2) is 147 Å². The maximum atomic E-state index is 10.5. The summed E-state index contributed by atoms with van der Waals surface area (Å²) in [5.74, 6) is 3.26. The van der Waals surface area contributed by atoms with Gasteiger partial charge in [-0.3, -0.25) is 25.0 Å². The highest BCUT2D eigenvalue weighted by Crippen LogP contribution is 2.37. The van der Waals surface area contributed by atoms with Gasteiger partial charge in [0.2, 0.25) is 0 Å². The molecule has 89 heavy (non-hydrogen) atoms. The first-order valence-electron chi connectivity index (χ1n) is 30.4. The van der Waals surface area contributed by atoms with Crippen LogP contribution in [-0.4, -0.2) is 122 Å². The van der Waals surface area contributed by atoms with Crippen molar-refractivity contribution >= 4 is 17.5 Å². The lowest BCUT2D eigenvalue weighted by molar-refractivity contribution is 0.170. The fourth-order valence-electron chi connectivity index (χ4n) is 13.6. The molecule has 464 valence electrons. The summed E-state index contributed by atoms with van der Waals surface area (Å²) in [7, 11) is 0. The van der Waals surface area contributed by atoms with E-state index in [1.165, 1.54) is 0 Å². The highest BCUT2D eigenvalue weighted by atomic mass is 16.3. The average Bonchev–Trinajstić information content (AvgIpc) is 2.75. The number of hydrogen-bond donors (Lipinski definition) is 10. The number of anilines is 3. The molecular formula is C69H85N17O3. The largest absolute Gasteiger partial charge is 0.507 e. The van der Waals surface area contributed by atoms with Crippen molar-refractivity contribution in [1.82, 2.24) is 71.0 Å². The topological polar surface area (TPSA) is 278 Å². The van der Waals surface area contributed by atoms with Crippen LogP contribution in [0.1, 0.15) is 122 Å². The number of phenols is 3. The normalized spacial score (nSPS) is 18.2. The van der Waals surface area contributed by atoms with Gasteiger partial charge in [-0.2, -0.15) is 5.10 Å². The quantitative estimate of drug-likeness (QED) is 0.0544. The minimum Gasteiger partial charge on any atom is -0.507 e. The van der Waals surface area contributed by atoms with Crippen LogP contribution >= 0.6 is 0 Å². The van der Waals surface area contributed by atoms with Gasteiger partial charge in [0, 0.05) is 110 Å². The Labute approximate surface area is 522 Å². The molecule has 0 bridgehead atoms. The van der Waals surface area contributed by atoms with Crippen LogP contribution in [0.4, 0.5) is 17.5 Å². The van der Waals surface area contributed by atoms with Gasteiger partial charge in [0.05, 0.1) is 66.2 Å².